The maximum atomic E-state index is 12.7. The molecule has 2 atom stereocenters. The summed E-state index contributed by atoms with van der Waals surface area (Å²) in [5, 5.41) is 13.7. The van der Waals surface area contributed by atoms with Gasteiger partial charge in [0.05, 0.1) is 6.42 Å². The van der Waals surface area contributed by atoms with Gasteiger partial charge in [-0.1, -0.05) is 48.2 Å². The number of rotatable bonds is 7. The van der Waals surface area contributed by atoms with Crippen molar-refractivity contribution in [3.63, 3.8) is 0 Å². The van der Waals surface area contributed by atoms with Crippen LogP contribution in [0.4, 0.5) is 0 Å². The summed E-state index contributed by atoms with van der Waals surface area (Å²) in [6.07, 6.45) is 0.184. The van der Waals surface area contributed by atoms with E-state index in [-0.39, 0.29) is 28.9 Å². The Hall–Kier alpha value is -2.56. The van der Waals surface area contributed by atoms with Crippen molar-refractivity contribution in [2.45, 2.75) is 17.8 Å². The summed E-state index contributed by atoms with van der Waals surface area (Å²) >= 11 is 3.88. The van der Waals surface area contributed by atoms with Gasteiger partial charge in [0.2, 0.25) is 11.0 Å². The second kappa shape index (κ2) is 9.29. The van der Waals surface area contributed by atoms with Crippen molar-refractivity contribution in [2.24, 2.45) is 0 Å². The van der Waals surface area contributed by atoms with Crippen LogP contribution in [0.3, 0.4) is 0 Å². The van der Waals surface area contributed by atoms with Gasteiger partial charge in [-0.05, 0) is 17.0 Å². The Bertz CT molecular complexity index is 1050. The Morgan fingerprint density at radius 3 is 2.61 bits per heavy atom. The van der Waals surface area contributed by atoms with Crippen LogP contribution in [0.2, 0.25) is 0 Å². The summed E-state index contributed by atoms with van der Waals surface area (Å²) in [6.45, 7) is 0. The minimum absolute atomic E-state index is 0.0779. The first kappa shape index (κ1) is 21.7. The molecule has 4 rings (SSSR count). The highest BCUT2D eigenvalue weighted by Crippen LogP contribution is 2.41. The van der Waals surface area contributed by atoms with Gasteiger partial charge in [0, 0.05) is 21.9 Å². The lowest BCUT2D eigenvalue weighted by atomic mass is 10.0. The number of fused-ring (bicyclic) bond motifs is 1. The molecule has 10 heteroatoms. The molecule has 0 saturated carbocycles. The summed E-state index contributed by atoms with van der Waals surface area (Å²) in [5.41, 5.74) is 0.991. The third kappa shape index (κ3) is 4.56. The first-order chi connectivity index (χ1) is 15.0. The van der Waals surface area contributed by atoms with E-state index < -0.39 is 23.3 Å². The molecule has 0 aliphatic carbocycles. The zero-order chi connectivity index (χ0) is 22.0. The maximum Gasteiger partial charge on any atom is 0.352 e. The van der Waals surface area contributed by atoms with Crippen LogP contribution in [0.1, 0.15) is 15.2 Å². The predicted molar refractivity (Wildman–Crippen MR) is 121 cm³/mol. The molecule has 7 nitrogen and oxygen atoms in total. The Balaban J connectivity index is 1.42. The number of carbonyl (C=O) groups excluding carboxylic acids is 3. The first-order valence-electron chi connectivity index (χ1n) is 9.39. The van der Waals surface area contributed by atoms with Crippen LogP contribution in [-0.2, 0) is 20.8 Å². The number of carbonyl (C=O) groups is 4. The molecule has 0 radical (unpaired) electrons. The minimum Gasteiger partial charge on any atom is -0.477 e. The lowest BCUT2D eigenvalue weighted by Gasteiger charge is -2.49. The quantitative estimate of drug-likeness (QED) is 0.595. The van der Waals surface area contributed by atoms with Crippen LogP contribution < -0.4 is 5.32 Å². The Morgan fingerprint density at radius 1 is 1.16 bits per heavy atom. The Morgan fingerprint density at radius 2 is 1.94 bits per heavy atom. The highest BCUT2D eigenvalue weighted by molar-refractivity contribution is 8.14. The number of β-lactam (4-membered cyclic amide) rings is 1. The van der Waals surface area contributed by atoms with Gasteiger partial charge < -0.3 is 10.4 Å². The van der Waals surface area contributed by atoms with Crippen LogP contribution >= 0.6 is 34.9 Å². The molecule has 2 aliphatic heterocycles. The van der Waals surface area contributed by atoms with E-state index in [1.54, 1.807) is 24.3 Å². The number of aliphatic carboxylic acids is 1. The molecule has 3 heterocycles. The molecule has 1 unspecified atom stereocenters. The zero-order valence-corrected chi connectivity index (χ0v) is 18.6. The maximum absolute atomic E-state index is 12.7. The normalized spacial score (nSPS) is 20.1. The lowest BCUT2D eigenvalue weighted by Crippen LogP contribution is -2.70. The van der Waals surface area contributed by atoms with Crippen LogP contribution in [0.25, 0.3) is 0 Å². The van der Waals surface area contributed by atoms with Gasteiger partial charge in [0.1, 0.15) is 17.1 Å². The predicted octanol–water partition coefficient (Wildman–Crippen LogP) is 2.60. The summed E-state index contributed by atoms with van der Waals surface area (Å²) < 4.78 is 0. The average molecular weight is 475 g/mol. The molecular formula is C21H18N2O5S3. The minimum atomic E-state index is -1.20. The van der Waals surface area contributed by atoms with Gasteiger partial charge in [-0.15, -0.1) is 23.1 Å². The molecule has 2 aromatic rings. The van der Waals surface area contributed by atoms with E-state index in [4.69, 9.17) is 0 Å². The van der Waals surface area contributed by atoms with Crippen molar-refractivity contribution in [2.75, 3.05) is 11.5 Å². The molecule has 1 aromatic heterocycles. The first-order valence-corrected chi connectivity index (χ1v) is 12.3. The SMILES string of the molecule is O=C(Cc1cccs1)NC1C(=O)N2C(C(=O)O)=C(CSC(=O)c3ccccc3)CS[C@H]12. The van der Waals surface area contributed by atoms with E-state index in [0.29, 0.717) is 16.9 Å². The standard InChI is InChI=1S/C21H18N2O5S3/c24-15(9-14-7-4-8-29-14)22-16-18(25)23-17(20(26)27)13(10-30-19(16)23)11-31-21(28)12-5-2-1-3-6-12/h1-8,16,19H,9-11H2,(H,22,24)(H,26,27)/t16?,19-/m1/s1. The van der Waals surface area contributed by atoms with Crippen molar-refractivity contribution >= 4 is 57.8 Å². The smallest absolute Gasteiger partial charge is 0.352 e. The Kier molecular flexibility index (Phi) is 6.49. The van der Waals surface area contributed by atoms with E-state index in [1.165, 1.54) is 28.0 Å². The number of thioether (sulfide) groups is 2. The molecule has 160 valence electrons. The summed E-state index contributed by atoms with van der Waals surface area (Å²) in [7, 11) is 0. The summed E-state index contributed by atoms with van der Waals surface area (Å²) in [6, 6.07) is 11.7. The second-order valence-electron chi connectivity index (χ2n) is 6.91. The van der Waals surface area contributed by atoms with E-state index in [2.05, 4.69) is 5.32 Å². The van der Waals surface area contributed by atoms with Gasteiger partial charge in [0.15, 0.2) is 0 Å². The number of carboxylic acid groups (broad SMARTS) is 1. The third-order valence-electron chi connectivity index (χ3n) is 4.87. The topological polar surface area (TPSA) is 104 Å². The summed E-state index contributed by atoms with van der Waals surface area (Å²) in [4.78, 5) is 51.3. The van der Waals surface area contributed by atoms with E-state index in [1.807, 2.05) is 23.6 Å². The van der Waals surface area contributed by atoms with E-state index in [0.717, 1.165) is 16.6 Å². The van der Waals surface area contributed by atoms with Crippen molar-refractivity contribution in [3.05, 3.63) is 69.6 Å². The second-order valence-corrected chi connectivity index (χ2v) is 10.00. The van der Waals surface area contributed by atoms with E-state index >= 15 is 0 Å². The van der Waals surface area contributed by atoms with Crippen LogP contribution in [-0.4, -0.2) is 55.8 Å². The van der Waals surface area contributed by atoms with Gasteiger partial charge in [-0.3, -0.25) is 19.3 Å². The lowest BCUT2D eigenvalue weighted by molar-refractivity contribution is -0.150. The van der Waals surface area contributed by atoms with E-state index in [9.17, 15) is 24.3 Å². The van der Waals surface area contributed by atoms with Crippen LogP contribution in [0.5, 0.6) is 0 Å². The van der Waals surface area contributed by atoms with Gasteiger partial charge in [-0.2, -0.15) is 0 Å². The van der Waals surface area contributed by atoms with Crippen molar-refractivity contribution in [1.82, 2.24) is 10.2 Å². The number of thiophene rings is 1. The van der Waals surface area contributed by atoms with Crippen LogP contribution in [0.15, 0.2) is 59.1 Å². The number of nitrogens with zero attached hydrogens (tertiary/aromatic N) is 1. The zero-order valence-electron chi connectivity index (χ0n) is 16.1. The number of nitrogens with one attached hydrogen (secondary N) is 1. The van der Waals surface area contributed by atoms with Crippen LogP contribution in [0, 0.1) is 0 Å². The number of benzene rings is 1. The highest BCUT2D eigenvalue weighted by Gasteiger charge is 2.54. The summed E-state index contributed by atoms with van der Waals surface area (Å²) in [5.74, 6) is -1.34. The number of carboxylic acids is 1. The third-order valence-corrected chi connectivity index (χ3v) is 8.07. The van der Waals surface area contributed by atoms with Gasteiger partial charge in [-0.25, -0.2) is 4.79 Å². The molecule has 31 heavy (non-hydrogen) atoms. The van der Waals surface area contributed by atoms with Gasteiger partial charge >= 0.3 is 5.97 Å². The monoisotopic (exact) mass is 474 g/mol. The number of hydrogen-bond donors (Lipinski definition) is 2. The molecular weight excluding hydrogens is 456 g/mol. The molecule has 1 fully saturated rings. The fraction of sp³-hybridized carbons (Fsp3) is 0.238. The molecule has 0 spiro atoms. The van der Waals surface area contributed by atoms with Crippen molar-refractivity contribution in [1.29, 1.82) is 0 Å². The van der Waals surface area contributed by atoms with Crippen molar-refractivity contribution < 1.29 is 24.3 Å². The Labute approximate surface area is 190 Å². The largest absolute Gasteiger partial charge is 0.477 e. The average Bonchev–Trinajstić information content (AvgIpc) is 3.28. The molecule has 2 N–H and O–H groups in total. The molecule has 2 amide bonds. The fourth-order valence-corrected chi connectivity index (χ4v) is 6.43. The fourth-order valence-electron chi connectivity index (χ4n) is 3.40. The molecule has 0 bridgehead atoms. The molecule has 1 saturated heterocycles. The number of hydrogen-bond acceptors (Lipinski definition) is 7. The number of amides is 2. The van der Waals surface area contributed by atoms with Gasteiger partial charge in [0.25, 0.3) is 5.91 Å². The molecule has 2 aliphatic rings. The van der Waals surface area contributed by atoms with Crippen molar-refractivity contribution in [3.8, 4) is 0 Å². The molecule has 1 aromatic carbocycles. The highest BCUT2D eigenvalue weighted by atomic mass is 32.2.